The third kappa shape index (κ3) is 3.36. The number of hydrogen-bond donors (Lipinski definition) is 1. The van der Waals surface area contributed by atoms with Gasteiger partial charge >= 0.3 is 6.03 Å². The molecular weight excluding hydrogens is 308 g/mol. The molecule has 3 fully saturated rings. The van der Waals surface area contributed by atoms with Gasteiger partial charge in [0, 0.05) is 41.3 Å². The molecular formula is C18H24N2O2S. The van der Waals surface area contributed by atoms with Crippen molar-refractivity contribution in [2.45, 2.75) is 35.3 Å². The summed E-state index contributed by atoms with van der Waals surface area (Å²) in [7, 11) is 0. The van der Waals surface area contributed by atoms with Crippen LogP contribution in [0.15, 0.2) is 35.2 Å². The van der Waals surface area contributed by atoms with Crippen molar-refractivity contribution in [3.63, 3.8) is 0 Å². The fourth-order valence-electron chi connectivity index (χ4n) is 3.62. The smallest absolute Gasteiger partial charge is 0.317 e. The van der Waals surface area contributed by atoms with E-state index in [4.69, 9.17) is 4.74 Å². The molecule has 5 heteroatoms. The van der Waals surface area contributed by atoms with E-state index in [9.17, 15) is 4.79 Å². The largest absolute Gasteiger partial charge is 0.381 e. The summed E-state index contributed by atoms with van der Waals surface area (Å²) in [4.78, 5) is 15.8. The molecule has 4 rings (SSSR count). The summed E-state index contributed by atoms with van der Waals surface area (Å²) in [5, 5.41) is 3.18. The Hall–Kier alpha value is -1.20. The highest BCUT2D eigenvalue weighted by atomic mass is 32.2. The lowest BCUT2D eigenvalue weighted by molar-refractivity contribution is 0.152. The number of ether oxygens (including phenoxy) is 1. The van der Waals surface area contributed by atoms with E-state index in [-0.39, 0.29) is 16.2 Å². The lowest BCUT2D eigenvalue weighted by Gasteiger charge is -2.23. The van der Waals surface area contributed by atoms with E-state index >= 15 is 0 Å². The van der Waals surface area contributed by atoms with E-state index in [0.717, 1.165) is 45.7 Å². The molecule has 1 saturated carbocycles. The standard InChI is InChI=1S/C18H24N2O2S/c21-16(20-10-8-17(13-20)9-11-22-14-17)19-12-18(6-7-18)23-15-4-2-1-3-5-15/h1-5H,6-14H2,(H,19,21). The van der Waals surface area contributed by atoms with Crippen molar-refractivity contribution in [2.24, 2.45) is 5.41 Å². The van der Waals surface area contributed by atoms with Gasteiger partial charge in [0.25, 0.3) is 0 Å². The number of amides is 2. The van der Waals surface area contributed by atoms with E-state index in [2.05, 4.69) is 29.6 Å². The minimum atomic E-state index is 0.105. The second-order valence-corrected chi connectivity index (χ2v) is 8.77. The molecule has 1 unspecified atom stereocenters. The number of hydrogen-bond acceptors (Lipinski definition) is 3. The summed E-state index contributed by atoms with van der Waals surface area (Å²) in [6.45, 7) is 4.17. The molecule has 2 heterocycles. The van der Waals surface area contributed by atoms with Crippen LogP contribution in [0, 0.1) is 5.41 Å². The van der Waals surface area contributed by atoms with Gasteiger partial charge in [-0.2, -0.15) is 0 Å². The van der Waals surface area contributed by atoms with Crippen LogP contribution in [-0.4, -0.2) is 48.5 Å². The Kier molecular flexibility index (Phi) is 4.01. The fraction of sp³-hybridized carbons (Fsp3) is 0.611. The fourth-order valence-corrected chi connectivity index (χ4v) is 4.86. The van der Waals surface area contributed by atoms with E-state index in [1.54, 1.807) is 0 Å². The molecule has 2 amide bonds. The Morgan fingerprint density at radius 2 is 2.04 bits per heavy atom. The first-order valence-electron chi connectivity index (χ1n) is 8.53. The first-order valence-corrected chi connectivity index (χ1v) is 9.35. The number of likely N-dealkylation sites (tertiary alicyclic amines) is 1. The number of urea groups is 1. The highest BCUT2D eigenvalue weighted by molar-refractivity contribution is 8.01. The number of nitrogens with zero attached hydrogens (tertiary/aromatic N) is 1. The summed E-state index contributed by atoms with van der Waals surface area (Å²) >= 11 is 1.91. The highest BCUT2D eigenvalue weighted by Gasteiger charge is 2.46. The number of benzene rings is 1. The molecule has 2 saturated heterocycles. The van der Waals surface area contributed by atoms with Crippen molar-refractivity contribution in [3.8, 4) is 0 Å². The molecule has 1 N–H and O–H groups in total. The van der Waals surface area contributed by atoms with Gasteiger partial charge in [-0.3, -0.25) is 0 Å². The minimum Gasteiger partial charge on any atom is -0.381 e. The number of carbonyl (C=O) groups is 1. The van der Waals surface area contributed by atoms with Crippen molar-refractivity contribution < 1.29 is 9.53 Å². The second-order valence-electron chi connectivity index (χ2n) is 7.23. The van der Waals surface area contributed by atoms with Crippen molar-refractivity contribution in [3.05, 3.63) is 30.3 Å². The van der Waals surface area contributed by atoms with E-state index in [0.29, 0.717) is 0 Å². The molecule has 2 aliphatic heterocycles. The number of thioether (sulfide) groups is 1. The Bertz CT molecular complexity index is 568. The molecule has 0 radical (unpaired) electrons. The van der Waals surface area contributed by atoms with Crippen LogP contribution in [0.1, 0.15) is 25.7 Å². The maximum absolute atomic E-state index is 12.5. The van der Waals surface area contributed by atoms with Crippen LogP contribution in [0.25, 0.3) is 0 Å². The Morgan fingerprint density at radius 3 is 2.74 bits per heavy atom. The van der Waals surface area contributed by atoms with Crippen molar-refractivity contribution >= 4 is 17.8 Å². The van der Waals surface area contributed by atoms with Crippen molar-refractivity contribution in [2.75, 3.05) is 32.8 Å². The lowest BCUT2D eigenvalue weighted by atomic mass is 9.87. The predicted molar refractivity (Wildman–Crippen MR) is 91.7 cm³/mol. The van der Waals surface area contributed by atoms with Crippen molar-refractivity contribution in [1.82, 2.24) is 10.2 Å². The van der Waals surface area contributed by atoms with Crippen LogP contribution in [0.4, 0.5) is 4.79 Å². The molecule has 0 bridgehead atoms. The summed E-state index contributed by atoms with van der Waals surface area (Å²) in [5.41, 5.74) is 0.243. The van der Waals surface area contributed by atoms with Crippen LogP contribution in [0.5, 0.6) is 0 Å². The van der Waals surface area contributed by atoms with Crippen LogP contribution in [-0.2, 0) is 4.74 Å². The minimum absolute atomic E-state index is 0.105. The Balaban J connectivity index is 1.28. The van der Waals surface area contributed by atoms with Crippen LogP contribution in [0.2, 0.25) is 0 Å². The van der Waals surface area contributed by atoms with Crippen LogP contribution >= 0.6 is 11.8 Å². The topological polar surface area (TPSA) is 41.6 Å². The predicted octanol–water partition coefficient (Wildman–Crippen LogP) is 3.13. The van der Waals surface area contributed by atoms with Gasteiger partial charge in [-0.15, -0.1) is 11.8 Å². The third-order valence-corrected chi connectivity index (χ3v) is 6.85. The number of nitrogens with one attached hydrogen (secondary N) is 1. The zero-order chi connectivity index (χ0) is 15.8. The highest BCUT2D eigenvalue weighted by Crippen LogP contribution is 2.51. The summed E-state index contributed by atoms with van der Waals surface area (Å²) in [6, 6.07) is 10.6. The van der Waals surface area contributed by atoms with Gasteiger partial charge < -0.3 is 15.0 Å². The number of carbonyl (C=O) groups excluding carboxylic acids is 1. The van der Waals surface area contributed by atoms with Gasteiger partial charge in [0.15, 0.2) is 0 Å². The monoisotopic (exact) mass is 332 g/mol. The maximum atomic E-state index is 12.5. The van der Waals surface area contributed by atoms with Gasteiger partial charge in [0.05, 0.1) is 6.61 Å². The molecule has 1 aliphatic carbocycles. The maximum Gasteiger partial charge on any atom is 0.317 e. The van der Waals surface area contributed by atoms with Gasteiger partial charge in [-0.25, -0.2) is 4.79 Å². The van der Waals surface area contributed by atoms with E-state index in [1.165, 1.54) is 17.7 Å². The Morgan fingerprint density at radius 1 is 1.22 bits per heavy atom. The summed E-state index contributed by atoms with van der Waals surface area (Å²) < 4.78 is 5.75. The zero-order valence-electron chi connectivity index (χ0n) is 13.4. The molecule has 124 valence electrons. The van der Waals surface area contributed by atoms with Gasteiger partial charge in [0.2, 0.25) is 0 Å². The summed E-state index contributed by atoms with van der Waals surface area (Å²) in [6.07, 6.45) is 4.56. The molecule has 1 spiro atoms. The molecule has 1 aromatic carbocycles. The Labute approximate surface area is 142 Å². The summed E-state index contributed by atoms with van der Waals surface area (Å²) in [5.74, 6) is 0. The molecule has 4 nitrogen and oxygen atoms in total. The SMILES string of the molecule is O=C(NCC1(Sc2ccccc2)CC1)N1CCC2(CCOC2)C1. The molecule has 3 aliphatic rings. The molecule has 0 aromatic heterocycles. The number of rotatable bonds is 4. The second kappa shape index (κ2) is 6.02. The van der Waals surface area contributed by atoms with Crippen LogP contribution < -0.4 is 5.32 Å². The van der Waals surface area contributed by atoms with E-state index < -0.39 is 0 Å². The average molecular weight is 332 g/mol. The average Bonchev–Trinajstić information content (AvgIpc) is 2.99. The van der Waals surface area contributed by atoms with E-state index in [1.807, 2.05) is 22.7 Å². The first kappa shape index (κ1) is 15.3. The first-order chi connectivity index (χ1) is 11.2. The zero-order valence-corrected chi connectivity index (χ0v) is 14.2. The normalized spacial score (nSPS) is 28.3. The van der Waals surface area contributed by atoms with Gasteiger partial charge in [-0.05, 0) is 37.8 Å². The van der Waals surface area contributed by atoms with Crippen LogP contribution in [0.3, 0.4) is 0 Å². The third-order valence-electron chi connectivity index (χ3n) is 5.36. The van der Waals surface area contributed by atoms with Crippen molar-refractivity contribution in [1.29, 1.82) is 0 Å². The molecule has 23 heavy (non-hydrogen) atoms. The molecule has 1 aromatic rings. The van der Waals surface area contributed by atoms with Gasteiger partial charge in [0.1, 0.15) is 0 Å². The quantitative estimate of drug-likeness (QED) is 0.921. The van der Waals surface area contributed by atoms with Gasteiger partial charge in [-0.1, -0.05) is 18.2 Å². The molecule has 1 atom stereocenters. The lowest BCUT2D eigenvalue weighted by Crippen LogP contribution is -2.42.